The van der Waals surface area contributed by atoms with E-state index in [4.69, 9.17) is 19.9 Å². The van der Waals surface area contributed by atoms with E-state index < -0.39 is 18.1 Å². The zero-order valence-electron chi connectivity index (χ0n) is 12.3. The quantitative estimate of drug-likeness (QED) is 0.828. The third-order valence-electron chi connectivity index (χ3n) is 4.12. The fourth-order valence-corrected chi connectivity index (χ4v) is 3.23. The van der Waals surface area contributed by atoms with Gasteiger partial charge in [0.25, 0.3) is 0 Å². The first-order valence-corrected chi connectivity index (χ1v) is 7.19. The number of ether oxygens (including phenoxy) is 3. The molecular formula is C14H18N4O4. The molecule has 22 heavy (non-hydrogen) atoms. The second-order valence-electron chi connectivity index (χ2n) is 6.03. The topological polar surface area (TPSA) is 105 Å². The number of aliphatic hydroxyl groups excluding tert-OH is 1. The van der Waals surface area contributed by atoms with Crippen molar-refractivity contribution < 1.29 is 19.3 Å². The monoisotopic (exact) mass is 306 g/mol. The molecule has 2 aliphatic rings. The van der Waals surface area contributed by atoms with Crippen molar-refractivity contribution in [1.82, 2.24) is 14.5 Å². The Hall–Kier alpha value is -1.74. The molecule has 2 aromatic heterocycles. The number of anilines is 1. The number of nitrogens with zero attached hydrogens (tertiary/aromatic N) is 3. The average molecular weight is 306 g/mol. The van der Waals surface area contributed by atoms with Crippen LogP contribution >= 0.6 is 0 Å². The van der Waals surface area contributed by atoms with Crippen LogP contribution in [-0.4, -0.2) is 50.3 Å². The number of aliphatic hydroxyl groups is 1. The molecule has 0 radical (unpaired) electrons. The molecule has 4 atom stereocenters. The van der Waals surface area contributed by atoms with Gasteiger partial charge in [0.1, 0.15) is 36.1 Å². The van der Waals surface area contributed by atoms with Gasteiger partial charge in [-0.3, -0.25) is 0 Å². The molecule has 4 heterocycles. The lowest BCUT2D eigenvalue weighted by Gasteiger charge is -2.24. The third kappa shape index (κ3) is 1.92. The van der Waals surface area contributed by atoms with Crippen LogP contribution in [0.4, 0.5) is 5.82 Å². The van der Waals surface area contributed by atoms with E-state index in [1.165, 1.54) is 6.33 Å². The van der Waals surface area contributed by atoms with Crippen LogP contribution in [-0.2, 0) is 14.2 Å². The van der Waals surface area contributed by atoms with Crippen LogP contribution in [0.1, 0.15) is 20.1 Å². The van der Waals surface area contributed by atoms with Crippen molar-refractivity contribution in [2.24, 2.45) is 0 Å². The number of hydrogen-bond acceptors (Lipinski definition) is 7. The minimum absolute atomic E-state index is 0.132. The fraction of sp³-hybridized carbons (Fsp3) is 0.571. The molecule has 0 amide bonds. The molecule has 4 unspecified atom stereocenters. The number of aromatic nitrogens is 3. The minimum Gasteiger partial charge on any atom is -0.394 e. The number of nitrogen functional groups attached to an aromatic ring is 1. The lowest BCUT2D eigenvalue weighted by Crippen LogP contribution is -2.31. The summed E-state index contributed by atoms with van der Waals surface area (Å²) in [7, 11) is 0. The van der Waals surface area contributed by atoms with Crippen molar-refractivity contribution in [2.75, 3.05) is 12.3 Å². The second kappa shape index (κ2) is 4.63. The van der Waals surface area contributed by atoms with E-state index in [2.05, 4.69) is 9.97 Å². The van der Waals surface area contributed by atoms with Crippen molar-refractivity contribution in [3.05, 3.63) is 18.6 Å². The van der Waals surface area contributed by atoms with Gasteiger partial charge in [-0.2, -0.15) is 0 Å². The lowest BCUT2D eigenvalue weighted by atomic mass is 10.1. The summed E-state index contributed by atoms with van der Waals surface area (Å²) in [6.07, 6.45) is 1.75. The third-order valence-corrected chi connectivity index (χ3v) is 4.12. The molecule has 0 spiro atoms. The van der Waals surface area contributed by atoms with Crippen LogP contribution < -0.4 is 5.73 Å². The largest absolute Gasteiger partial charge is 0.394 e. The van der Waals surface area contributed by atoms with E-state index in [9.17, 15) is 5.11 Å². The summed E-state index contributed by atoms with van der Waals surface area (Å²) in [5.74, 6) is -0.289. The summed E-state index contributed by atoms with van der Waals surface area (Å²) >= 11 is 0. The van der Waals surface area contributed by atoms with Crippen molar-refractivity contribution >= 4 is 16.9 Å². The molecule has 8 heteroatoms. The Balaban J connectivity index is 1.77. The van der Waals surface area contributed by atoms with Crippen molar-refractivity contribution in [3.8, 4) is 0 Å². The lowest BCUT2D eigenvalue weighted by molar-refractivity contribution is -0.199. The SMILES string of the molecule is CC1(C)OC2C(CO)OC(n3ccc4c(N)ncnc43)C2O1. The predicted molar refractivity (Wildman–Crippen MR) is 76.8 cm³/mol. The molecule has 0 saturated carbocycles. The molecule has 0 aromatic carbocycles. The van der Waals surface area contributed by atoms with Gasteiger partial charge in [0.05, 0.1) is 12.0 Å². The molecule has 2 aromatic rings. The molecule has 2 saturated heterocycles. The number of rotatable bonds is 2. The first-order valence-electron chi connectivity index (χ1n) is 7.19. The van der Waals surface area contributed by atoms with Gasteiger partial charge in [-0.15, -0.1) is 0 Å². The van der Waals surface area contributed by atoms with Crippen LogP contribution in [0.25, 0.3) is 11.0 Å². The van der Waals surface area contributed by atoms with Crippen LogP contribution in [0.5, 0.6) is 0 Å². The van der Waals surface area contributed by atoms with Crippen LogP contribution in [0.15, 0.2) is 18.6 Å². The van der Waals surface area contributed by atoms with E-state index in [1.807, 2.05) is 30.7 Å². The summed E-state index contributed by atoms with van der Waals surface area (Å²) < 4.78 is 19.6. The molecule has 3 N–H and O–H groups in total. The summed E-state index contributed by atoms with van der Waals surface area (Å²) in [6.45, 7) is 3.57. The van der Waals surface area contributed by atoms with Crippen LogP contribution in [0.2, 0.25) is 0 Å². The Bertz CT molecular complexity index is 716. The van der Waals surface area contributed by atoms with Gasteiger partial charge in [0.2, 0.25) is 0 Å². The molecule has 0 aliphatic carbocycles. The standard InChI is InChI=1S/C14H18N4O4/c1-14(2)21-9-8(5-19)20-13(10(9)22-14)18-4-3-7-11(15)16-6-17-12(7)18/h3-4,6,8-10,13,19H,5H2,1-2H3,(H2,15,16,17). The van der Waals surface area contributed by atoms with Crippen molar-refractivity contribution in [2.45, 2.75) is 44.2 Å². The van der Waals surface area contributed by atoms with E-state index in [0.717, 1.165) is 5.39 Å². The van der Waals surface area contributed by atoms with E-state index >= 15 is 0 Å². The van der Waals surface area contributed by atoms with Crippen molar-refractivity contribution in [3.63, 3.8) is 0 Å². The first kappa shape index (κ1) is 13.9. The highest BCUT2D eigenvalue weighted by atomic mass is 16.8. The summed E-state index contributed by atoms with van der Waals surface area (Å²) in [4.78, 5) is 8.27. The van der Waals surface area contributed by atoms with Gasteiger partial charge in [0.15, 0.2) is 12.0 Å². The Kier molecular flexibility index (Phi) is 2.92. The molecule has 118 valence electrons. The molecule has 0 bridgehead atoms. The summed E-state index contributed by atoms with van der Waals surface area (Å²) in [5, 5.41) is 10.3. The maximum Gasteiger partial charge on any atom is 0.164 e. The zero-order chi connectivity index (χ0) is 15.5. The normalized spacial score (nSPS) is 33.4. The number of nitrogens with two attached hydrogens (primary N) is 1. The molecular weight excluding hydrogens is 288 g/mol. The molecule has 8 nitrogen and oxygen atoms in total. The van der Waals surface area contributed by atoms with E-state index in [0.29, 0.717) is 11.5 Å². The Labute approximate surface area is 126 Å². The highest BCUT2D eigenvalue weighted by molar-refractivity contribution is 5.86. The number of hydrogen-bond donors (Lipinski definition) is 2. The van der Waals surface area contributed by atoms with Gasteiger partial charge < -0.3 is 29.6 Å². The highest BCUT2D eigenvalue weighted by Crippen LogP contribution is 2.43. The second-order valence-corrected chi connectivity index (χ2v) is 6.03. The minimum atomic E-state index is -0.707. The molecule has 4 rings (SSSR count). The predicted octanol–water partition coefficient (Wildman–Crippen LogP) is 0.423. The summed E-state index contributed by atoms with van der Waals surface area (Å²) in [6, 6.07) is 1.84. The van der Waals surface area contributed by atoms with Gasteiger partial charge in [0, 0.05) is 6.20 Å². The Morgan fingerprint density at radius 1 is 1.32 bits per heavy atom. The highest BCUT2D eigenvalue weighted by Gasteiger charge is 2.55. The smallest absolute Gasteiger partial charge is 0.164 e. The van der Waals surface area contributed by atoms with E-state index in [1.54, 1.807) is 0 Å². The maximum atomic E-state index is 9.54. The maximum absolute atomic E-state index is 9.54. The average Bonchev–Trinajstić information content (AvgIpc) is 3.10. The first-order chi connectivity index (χ1) is 10.5. The molecule has 2 aliphatic heterocycles. The zero-order valence-corrected chi connectivity index (χ0v) is 12.3. The fourth-order valence-electron chi connectivity index (χ4n) is 3.23. The van der Waals surface area contributed by atoms with Gasteiger partial charge in [-0.25, -0.2) is 9.97 Å². The number of fused-ring (bicyclic) bond motifs is 2. The Morgan fingerprint density at radius 2 is 2.09 bits per heavy atom. The van der Waals surface area contributed by atoms with Gasteiger partial charge in [-0.1, -0.05) is 0 Å². The summed E-state index contributed by atoms with van der Waals surface area (Å²) in [5.41, 5.74) is 6.54. The molecule has 2 fully saturated rings. The Morgan fingerprint density at radius 3 is 2.86 bits per heavy atom. The van der Waals surface area contributed by atoms with Gasteiger partial charge in [-0.05, 0) is 19.9 Å². The van der Waals surface area contributed by atoms with Crippen LogP contribution in [0.3, 0.4) is 0 Å². The van der Waals surface area contributed by atoms with Crippen molar-refractivity contribution in [1.29, 1.82) is 0 Å². The van der Waals surface area contributed by atoms with E-state index in [-0.39, 0.29) is 18.8 Å². The van der Waals surface area contributed by atoms with Gasteiger partial charge >= 0.3 is 0 Å². The van der Waals surface area contributed by atoms with Crippen LogP contribution in [0, 0.1) is 0 Å².